The number of hydrogen-bond acceptors (Lipinski definition) is 6. The van der Waals surface area contributed by atoms with E-state index in [-0.39, 0.29) is 17.1 Å². The van der Waals surface area contributed by atoms with Crippen molar-refractivity contribution in [3.8, 4) is 0 Å². The van der Waals surface area contributed by atoms with Gasteiger partial charge in [0.1, 0.15) is 12.2 Å². The zero-order chi connectivity index (χ0) is 20.8. The summed E-state index contributed by atoms with van der Waals surface area (Å²) in [5.41, 5.74) is -0.0413. The number of anilines is 2. The first kappa shape index (κ1) is 19.4. The summed E-state index contributed by atoms with van der Waals surface area (Å²) in [6.45, 7) is -0.464. The van der Waals surface area contributed by atoms with E-state index in [1.165, 1.54) is 30.3 Å². The Balaban J connectivity index is 1.72. The van der Waals surface area contributed by atoms with Crippen LogP contribution in [0.4, 0.5) is 17.1 Å². The zero-order valence-electron chi connectivity index (χ0n) is 14.9. The first-order valence-corrected chi connectivity index (χ1v) is 8.41. The Morgan fingerprint density at radius 1 is 0.966 bits per heavy atom. The van der Waals surface area contributed by atoms with Crippen LogP contribution in [0.25, 0.3) is 0 Å². The summed E-state index contributed by atoms with van der Waals surface area (Å²) < 4.78 is 0.840. The van der Waals surface area contributed by atoms with E-state index < -0.39 is 28.8 Å². The third-order valence-electron chi connectivity index (χ3n) is 3.77. The molecule has 1 aromatic heterocycles. The Morgan fingerprint density at radius 3 is 2.41 bits per heavy atom. The van der Waals surface area contributed by atoms with Gasteiger partial charge in [-0.25, -0.2) is 4.68 Å². The van der Waals surface area contributed by atoms with Crippen molar-refractivity contribution < 1.29 is 14.5 Å². The summed E-state index contributed by atoms with van der Waals surface area (Å²) in [5, 5.41) is 19.8. The normalized spacial score (nSPS) is 10.2. The first-order valence-electron chi connectivity index (χ1n) is 8.41. The molecule has 2 amide bonds. The van der Waals surface area contributed by atoms with Crippen molar-refractivity contribution in [2.75, 3.05) is 10.6 Å². The summed E-state index contributed by atoms with van der Waals surface area (Å²) in [6, 6.07) is 16.5. The van der Waals surface area contributed by atoms with Crippen LogP contribution in [0.15, 0.2) is 71.5 Å². The van der Waals surface area contributed by atoms with Gasteiger partial charge in [-0.15, -0.1) is 0 Å². The fourth-order valence-electron chi connectivity index (χ4n) is 2.43. The van der Waals surface area contributed by atoms with Gasteiger partial charge in [-0.05, 0) is 24.3 Å². The van der Waals surface area contributed by atoms with Gasteiger partial charge in [-0.2, -0.15) is 5.10 Å². The second kappa shape index (κ2) is 8.57. The van der Waals surface area contributed by atoms with Gasteiger partial charge in [0.15, 0.2) is 0 Å². The lowest BCUT2D eigenvalue weighted by atomic mass is 10.3. The first-order chi connectivity index (χ1) is 13.9. The molecule has 2 aromatic carbocycles. The van der Waals surface area contributed by atoms with E-state index in [1.54, 1.807) is 30.3 Å². The fourth-order valence-corrected chi connectivity index (χ4v) is 2.43. The third kappa shape index (κ3) is 5.10. The lowest BCUT2D eigenvalue weighted by Crippen LogP contribution is -2.31. The third-order valence-corrected chi connectivity index (χ3v) is 3.77. The average Bonchev–Trinajstić information content (AvgIpc) is 2.70. The fraction of sp³-hybridized carbons (Fsp3) is 0.0526. The predicted octanol–water partition coefficient (Wildman–Crippen LogP) is 2.04. The summed E-state index contributed by atoms with van der Waals surface area (Å²) in [7, 11) is 0. The maximum Gasteiger partial charge on any atom is 0.276 e. The molecule has 3 rings (SSSR count). The molecule has 10 nitrogen and oxygen atoms in total. The van der Waals surface area contributed by atoms with Gasteiger partial charge in [0, 0.05) is 29.6 Å². The number of benzene rings is 2. The van der Waals surface area contributed by atoms with Gasteiger partial charge >= 0.3 is 0 Å². The van der Waals surface area contributed by atoms with Crippen molar-refractivity contribution in [1.29, 1.82) is 0 Å². The maximum absolute atomic E-state index is 12.3. The summed E-state index contributed by atoms with van der Waals surface area (Å²) in [5.74, 6) is -1.16. The minimum Gasteiger partial charge on any atom is -0.324 e. The van der Waals surface area contributed by atoms with Gasteiger partial charge in [0.25, 0.3) is 17.2 Å². The molecule has 0 saturated heterocycles. The number of hydrogen-bond donors (Lipinski definition) is 2. The summed E-state index contributed by atoms with van der Waals surface area (Å²) in [6.07, 6.45) is 0. The van der Waals surface area contributed by atoms with E-state index in [2.05, 4.69) is 15.7 Å². The van der Waals surface area contributed by atoms with Crippen molar-refractivity contribution in [2.45, 2.75) is 6.54 Å². The molecule has 1 heterocycles. The molecule has 3 aromatic rings. The zero-order valence-corrected chi connectivity index (χ0v) is 14.9. The monoisotopic (exact) mass is 393 g/mol. The molecular weight excluding hydrogens is 378 g/mol. The lowest BCUT2D eigenvalue weighted by molar-refractivity contribution is -0.384. The van der Waals surface area contributed by atoms with Crippen LogP contribution < -0.4 is 16.2 Å². The minimum atomic E-state index is -0.624. The highest BCUT2D eigenvalue weighted by Gasteiger charge is 2.13. The number of nitro groups is 1. The molecule has 0 aliphatic heterocycles. The Kier molecular flexibility index (Phi) is 5.74. The van der Waals surface area contributed by atoms with Crippen LogP contribution in [-0.2, 0) is 11.3 Å². The molecule has 2 N–H and O–H groups in total. The van der Waals surface area contributed by atoms with Crippen molar-refractivity contribution in [1.82, 2.24) is 9.78 Å². The SMILES string of the molecule is O=C(Cn1nc(C(=O)Nc2ccccc2)ccc1=O)Nc1cccc([N+](=O)[O-])c1. The molecule has 146 valence electrons. The topological polar surface area (TPSA) is 136 Å². The number of aromatic nitrogens is 2. The van der Waals surface area contributed by atoms with Crippen molar-refractivity contribution >= 4 is 28.9 Å². The highest BCUT2D eigenvalue weighted by molar-refractivity contribution is 6.02. The smallest absolute Gasteiger partial charge is 0.276 e. The van der Waals surface area contributed by atoms with Crippen LogP contribution in [0.5, 0.6) is 0 Å². The largest absolute Gasteiger partial charge is 0.324 e. The van der Waals surface area contributed by atoms with E-state index in [0.717, 1.165) is 10.7 Å². The Labute approximate surface area is 163 Å². The summed E-state index contributed by atoms with van der Waals surface area (Å²) >= 11 is 0. The second-order valence-electron chi connectivity index (χ2n) is 5.89. The van der Waals surface area contributed by atoms with Gasteiger partial charge in [-0.3, -0.25) is 24.5 Å². The minimum absolute atomic E-state index is 0.0448. The molecule has 0 spiro atoms. The second-order valence-corrected chi connectivity index (χ2v) is 5.89. The Hall–Kier alpha value is -4.34. The summed E-state index contributed by atoms with van der Waals surface area (Å²) in [4.78, 5) is 46.7. The van der Waals surface area contributed by atoms with Crippen LogP contribution in [0.1, 0.15) is 10.5 Å². The highest BCUT2D eigenvalue weighted by Crippen LogP contribution is 2.16. The highest BCUT2D eigenvalue weighted by atomic mass is 16.6. The van der Waals surface area contributed by atoms with Gasteiger partial charge in [-0.1, -0.05) is 24.3 Å². The van der Waals surface area contributed by atoms with E-state index >= 15 is 0 Å². The lowest BCUT2D eigenvalue weighted by Gasteiger charge is -2.09. The Morgan fingerprint density at radius 2 is 1.69 bits per heavy atom. The average molecular weight is 393 g/mol. The van der Waals surface area contributed by atoms with E-state index in [9.17, 15) is 24.5 Å². The number of carbonyl (C=O) groups is 2. The van der Waals surface area contributed by atoms with E-state index in [0.29, 0.717) is 5.69 Å². The number of nitrogens with one attached hydrogen (secondary N) is 2. The Bertz CT molecular complexity index is 1130. The van der Waals surface area contributed by atoms with Gasteiger partial charge in [0.2, 0.25) is 5.91 Å². The number of para-hydroxylation sites is 1. The van der Waals surface area contributed by atoms with Crippen molar-refractivity contribution in [2.24, 2.45) is 0 Å². The van der Waals surface area contributed by atoms with E-state index in [4.69, 9.17) is 0 Å². The number of rotatable bonds is 6. The van der Waals surface area contributed by atoms with Crippen LogP contribution in [0, 0.1) is 10.1 Å². The molecule has 29 heavy (non-hydrogen) atoms. The quantitative estimate of drug-likeness (QED) is 0.486. The molecule has 0 aliphatic carbocycles. The van der Waals surface area contributed by atoms with Crippen molar-refractivity contribution in [3.63, 3.8) is 0 Å². The van der Waals surface area contributed by atoms with Gasteiger partial charge in [0.05, 0.1) is 4.92 Å². The van der Waals surface area contributed by atoms with Crippen molar-refractivity contribution in [3.05, 3.63) is 92.9 Å². The van der Waals surface area contributed by atoms with Crippen LogP contribution >= 0.6 is 0 Å². The van der Waals surface area contributed by atoms with Crippen LogP contribution in [0.3, 0.4) is 0 Å². The van der Waals surface area contributed by atoms with E-state index in [1.807, 2.05) is 0 Å². The number of nitro benzene ring substituents is 1. The van der Waals surface area contributed by atoms with Gasteiger partial charge < -0.3 is 10.6 Å². The molecule has 0 radical (unpaired) electrons. The molecule has 0 atom stereocenters. The number of nitrogens with zero attached hydrogens (tertiary/aromatic N) is 3. The number of amides is 2. The predicted molar refractivity (Wildman–Crippen MR) is 105 cm³/mol. The molecule has 0 aliphatic rings. The molecule has 0 saturated carbocycles. The molecule has 0 bridgehead atoms. The molecule has 10 heteroatoms. The van der Waals surface area contributed by atoms with Crippen LogP contribution in [0.2, 0.25) is 0 Å². The molecule has 0 unspecified atom stereocenters. The number of carbonyl (C=O) groups excluding carboxylic acids is 2. The molecular formula is C19H15N5O5. The van der Waals surface area contributed by atoms with Crippen LogP contribution in [-0.4, -0.2) is 26.5 Å². The molecule has 0 fully saturated rings. The maximum atomic E-state index is 12.3. The number of non-ortho nitro benzene ring substituents is 1. The standard InChI is InChI=1S/C19H15N5O5/c25-17(20-14-7-4-8-15(11-14)24(28)29)12-23-18(26)10-9-16(22-23)19(27)21-13-5-2-1-3-6-13/h1-11H,12H2,(H,20,25)(H,21,27).